The van der Waals surface area contributed by atoms with Crippen molar-refractivity contribution in [3.05, 3.63) is 0 Å². The molecule has 0 fully saturated rings. The molecule has 0 aliphatic carbocycles. The van der Waals surface area contributed by atoms with Crippen molar-refractivity contribution in [1.82, 2.24) is 7.42 Å². The average molecular weight is 422 g/mol. The van der Waals surface area contributed by atoms with Crippen LogP contribution in [0.4, 0.5) is 0 Å². The lowest BCUT2D eigenvalue weighted by Crippen LogP contribution is -2.46. The van der Waals surface area contributed by atoms with Gasteiger partial charge in [-0.05, 0) is 0 Å². The first kappa shape index (κ1) is 21.6. The van der Waals surface area contributed by atoms with E-state index < -0.39 is 66.9 Å². The van der Waals surface area contributed by atoms with E-state index in [1.54, 1.807) is 0 Å². The first-order valence-electron chi connectivity index (χ1n) is 4.36. The molecule has 0 heterocycles. The molecule has 0 spiro atoms. The highest BCUT2D eigenvalue weighted by atomic mass is 32.3. The number of amides is 2. The molecule has 0 aliphatic rings. The van der Waals surface area contributed by atoms with Crippen LogP contribution in [0.5, 0.6) is 0 Å². The highest BCUT2D eigenvalue weighted by Crippen LogP contribution is 2.12. The second kappa shape index (κ2) is 6.23. The van der Waals surface area contributed by atoms with Crippen LogP contribution in [0.3, 0.4) is 0 Å². The van der Waals surface area contributed by atoms with Gasteiger partial charge in [0.1, 0.15) is 6.42 Å². The molecule has 0 rings (SSSR count). The Kier molecular flexibility index (Phi) is 5.85. The van der Waals surface area contributed by atoms with E-state index in [2.05, 4.69) is 0 Å². The first-order valence-corrected chi connectivity index (χ1v) is 9.94. The van der Waals surface area contributed by atoms with Crippen LogP contribution in [-0.2, 0) is 50.8 Å². The molecule has 0 saturated heterocycles. The summed E-state index contributed by atoms with van der Waals surface area (Å²) in [6.45, 7) is 0. The van der Waals surface area contributed by atoms with Crippen LogP contribution in [0.2, 0.25) is 0 Å². The third kappa shape index (κ3) is 5.94. The Hall–Kier alpha value is -1.42. The summed E-state index contributed by atoms with van der Waals surface area (Å²) in [6, 6.07) is 0. The molecule has 136 valence electrons. The van der Waals surface area contributed by atoms with Crippen molar-refractivity contribution >= 4 is 53.0 Å². The Bertz CT molecular complexity index is 778. The third-order valence-corrected chi connectivity index (χ3v) is 6.30. The van der Waals surface area contributed by atoms with E-state index in [-0.39, 0.29) is 0 Å². The highest BCUT2D eigenvalue weighted by molar-refractivity contribution is 8.00. The minimum Gasteiger partial charge on any atom is -0.272 e. The Labute approximate surface area is 128 Å². The summed E-state index contributed by atoms with van der Waals surface area (Å²) in [5.74, 6) is -5.09. The van der Waals surface area contributed by atoms with Crippen molar-refractivity contribution in [2.45, 2.75) is 6.42 Å². The number of carbonyl (C=O) groups excluding carboxylic acids is 2. The van der Waals surface area contributed by atoms with Crippen molar-refractivity contribution in [2.24, 2.45) is 0 Å². The Balaban J connectivity index is 5.91. The number of nitrogens with zero attached hydrogens (tertiary/aromatic N) is 2. The molecule has 0 aliphatic heterocycles. The normalized spacial score (nSPS) is 13.4. The van der Waals surface area contributed by atoms with E-state index in [0.29, 0.717) is 0 Å². The quantitative estimate of drug-likeness (QED) is 0.237. The predicted octanol–water partition coefficient (Wildman–Crippen LogP) is -3.76. The monoisotopic (exact) mass is 422 g/mol. The summed E-state index contributed by atoms with van der Waals surface area (Å²) in [4.78, 5) is 22.5. The summed E-state index contributed by atoms with van der Waals surface area (Å²) in [5.41, 5.74) is 0. The predicted molar refractivity (Wildman–Crippen MR) is 64.5 cm³/mol. The lowest BCUT2D eigenvalue weighted by molar-refractivity contribution is -0.132. The molecule has 0 saturated carbocycles. The summed E-state index contributed by atoms with van der Waals surface area (Å²) in [5, 5.41) is 0. The number of carbonyl (C=O) groups is 2. The van der Waals surface area contributed by atoms with Crippen LogP contribution in [0.1, 0.15) is 6.42 Å². The van der Waals surface area contributed by atoms with Gasteiger partial charge in [-0.3, -0.25) is 27.8 Å². The third-order valence-electron chi connectivity index (χ3n) is 1.55. The molecule has 2 amide bonds. The molecular formula is C3H6N2O14S4. The smallest absolute Gasteiger partial charge is 0.272 e. The fourth-order valence-corrected chi connectivity index (χ4v) is 4.20. The van der Waals surface area contributed by atoms with Gasteiger partial charge in [0.05, 0.1) is 0 Å². The van der Waals surface area contributed by atoms with Gasteiger partial charge in [-0.15, -0.1) is 0 Å². The molecule has 0 unspecified atom stereocenters. The largest absolute Gasteiger partial charge is 0.377 e. The number of hydrogen-bond acceptors (Lipinski definition) is 10. The van der Waals surface area contributed by atoms with Crippen molar-refractivity contribution < 1.29 is 61.5 Å². The zero-order chi connectivity index (χ0) is 19.0. The molecular weight excluding hydrogens is 416 g/mol. The molecule has 16 nitrogen and oxygen atoms in total. The Morgan fingerprint density at radius 3 is 0.870 bits per heavy atom. The van der Waals surface area contributed by atoms with Crippen molar-refractivity contribution in [1.29, 1.82) is 0 Å². The SMILES string of the molecule is O=C(CC(=O)N(S(=O)(=O)O)S(=O)(=O)O)N(S(=O)(=O)O)S(=O)(=O)O. The minimum absolute atomic E-state index is 1.68. The van der Waals surface area contributed by atoms with Gasteiger partial charge in [0.2, 0.25) is 0 Å². The van der Waals surface area contributed by atoms with E-state index in [9.17, 15) is 43.3 Å². The number of hydrogen-bond donors (Lipinski definition) is 4. The Morgan fingerprint density at radius 2 is 0.739 bits per heavy atom. The fourth-order valence-electron chi connectivity index (χ4n) is 1.01. The lowest BCUT2D eigenvalue weighted by atomic mass is 10.4. The van der Waals surface area contributed by atoms with Crippen LogP contribution in [0, 0.1) is 0 Å². The summed E-state index contributed by atoms with van der Waals surface area (Å²) in [6.07, 6.45) is -2.25. The summed E-state index contributed by atoms with van der Waals surface area (Å²) < 4.78 is 115. The lowest BCUT2D eigenvalue weighted by Gasteiger charge is -2.17. The fraction of sp³-hybridized carbons (Fsp3) is 0.333. The van der Waals surface area contributed by atoms with Gasteiger partial charge in [0, 0.05) is 0 Å². The van der Waals surface area contributed by atoms with Gasteiger partial charge in [-0.25, -0.2) is 0 Å². The molecule has 0 bridgehead atoms. The maximum Gasteiger partial charge on any atom is 0.377 e. The minimum atomic E-state index is -6.01. The van der Waals surface area contributed by atoms with Crippen molar-refractivity contribution in [3.63, 3.8) is 0 Å². The zero-order valence-electron chi connectivity index (χ0n) is 10.1. The topological polar surface area (TPSA) is 258 Å². The maximum absolute atomic E-state index is 11.3. The van der Waals surface area contributed by atoms with E-state index >= 15 is 0 Å². The van der Waals surface area contributed by atoms with Gasteiger partial charge in [0.15, 0.2) is 0 Å². The van der Waals surface area contributed by atoms with Gasteiger partial charge in [-0.2, -0.15) is 33.7 Å². The zero-order valence-corrected chi connectivity index (χ0v) is 13.4. The molecule has 4 N–H and O–H groups in total. The molecule has 0 aromatic rings. The second-order valence-corrected chi connectivity index (χ2v) is 8.78. The van der Waals surface area contributed by atoms with E-state index in [1.165, 1.54) is 0 Å². The molecule has 20 heteroatoms. The maximum atomic E-state index is 11.3. The van der Waals surface area contributed by atoms with E-state index in [0.717, 1.165) is 0 Å². The highest BCUT2D eigenvalue weighted by Gasteiger charge is 2.42. The molecule has 0 radical (unpaired) electrons. The molecule has 0 aromatic carbocycles. The van der Waals surface area contributed by atoms with Gasteiger partial charge in [-0.1, -0.05) is 7.42 Å². The van der Waals surface area contributed by atoms with E-state index in [4.69, 9.17) is 18.2 Å². The van der Waals surface area contributed by atoms with Crippen molar-refractivity contribution in [3.8, 4) is 0 Å². The average Bonchev–Trinajstić information content (AvgIpc) is 2.04. The summed E-state index contributed by atoms with van der Waals surface area (Å²) in [7, 11) is -24.1. The molecule has 0 atom stereocenters. The van der Waals surface area contributed by atoms with E-state index in [1.807, 2.05) is 0 Å². The van der Waals surface area contributed by atoms with Crippen LogP contribution >= 0.6 is 0 Å². The van der Waals surface area contributed by atoms with Crippen molar-refractivity contribution in [2.75, 3.05) is 0 Å². The second-order valence-electron chi connectivity index (χ2n) is 3.27. The molecule has 0 aromatic heterocycles. The first-order chi connectivity index (χ1) is 9.79. The number of rotatable bonds is 6. The standard InChI is InChI=1S/C3H6N2O14S4/c6-2(4(20(8,9)10)21(11,12)13)1-3(7)5(22(14,15)16)23(17,18)19/h1H2,(H,8,9,10)(H,11,12,13)(H,14,15,16)(H,17,18,19). The van der Waals surface area contributed by atoms with Gasteiger partial charge < -0.3 is 0 Å². The van der Waals surface area contributed by atoms with Crippen LogP contribution in [-0.4, -0.2) is 71.1 Å². The Morgan fingerprint density at radius 1 is 0.565 bits per heavy atom. The van der Waals surface area contributed by atoms with Gasteiger partial charge >= 0.3 is 41.2 Å². The van der Waals surface area contributed by atoms with Crippen LogP contribution in [0.15, 0.2) is 0 Å². The van der Waals surface area contributed by atoms with Crippen LogP contribution in [0.25, 0.3) is 0 Å². The summed E-state index contributed by atoms with van der Waals surface area (Å²) >= 11 is 0. The van der Waals surface area contributed by atoms with Gasteiger partial charge in [0.25, 0.3) is 11.8 Å². The van der Waals surface area contributed by atoms with Crippen LogP contribution < -0.4 is 0 Å². The molecule has 23 heavy (non-hydrogen) atoms.